The molecule has 2 aromatic rings. The summed E-state index contributed by atoms with van der Waals surface area (Å²) >= 11 is 1.46. The summed E-state index contributed by atoms with van der Waals surface area (Å²) in [5.74, 6) is -0.209. The van der Waals surface area contributed by atoms with E-state index < -0.39 is 0 Å². The first-order valence-corrected chi connectivity index (χ1v) is 6.45. The minimum absolute atomic E-state index is 0.00610. The van der Waals surface area contributed by atoms with Crippen LogP contribution in [0.2, 0.25) is 0 Å². The third kappa shape index (κ3) is 3.25. The topological polar surface area (TPSA) is 77.2 Å². The number of carbonyl (C=O) groups excluding carboxylic acids is 1. The van der Waals surface area contributed by atoms with Crippen LogP contribution in [0, 0.1) is 6.92 Å². The Morgan fingerprint density at radius 2 is 2.39 bits per heavy atom. The maximum Gasteiger partial charge on any atom is 0.252 e. The number of nitrogens with one attached hydrogen (secondary N) is 1. The molecule has 2 rings (SSSR count). The second-order valence-corrected chi connectivity index (χ2v) is 4.91. The summed E-state index contributed by atoms with van der Waals surface area (Å²) < 4.78 is 6.11. The second-order valence-electron chi connectivity index (χ2n) is 3.88. The zero-order valence-electron chi connectivity index (χ0n) is 10.1. The molecule has 0 saturated carbocycles. The molecule has 0 aliphatic carbocycles. The van der Waals surface area contributed by atoms with Crippen molar-refractivity contribution in [3.8, 4) is 0 Å². The first-order chi connectivity index (χ1) is 8.69. The molecule has 0 spiro atoms. The fraction of sp³-hybridized carbons (Fsp3) is 0.333. The van der Waals surface area contributed by atoms with Crippen molar-refractivity contribution in [1.29, 1.82) is 0 Å². The molecular formula is C12H15N3O2S. The Kier molecular flexibility index (Phi) is 4.24. The van der Waals surface area contributed by atoms with Crippen molar-refractivity contribution in [1.82, 2.24) is 4.98 Å². The number of hydrogen-bond donors (Lipinski definition) is 2. The number of thiazole rings is 1. The van der Waals surface area contributed by atoms with E-state index in [4.69, 9.17) is 10.5 Å². The van der Waals surface area contributed by atoms with E-state index in [1.54, 1.807) is 0 Å². The number of benzene rings is 1. The maximum absolute atomic E-state index is 11.5. The average molecular weight is 265 g/mol. The van der Waals surface area contributed by atoms with Gasteiger partial charge in [-0.1, -0.05) is 17.4 Å². The van der Waals surface area contributed by atoms with Crippen LogP contribution in [0.3, 0.4) is 0 Å². The summed E-state index contributed by atoms with van der Waals surface area (Å²) in [5, 5.41) is 3.31. The lowest BCUT2D eigenvalue weighted by molar-refractivity contribution is -0.120. The Balaban J connectivity index is 2.01. The van der Waals surface area contributed by atoms with Crippen LogP contribution >= 0.6 is 11.3 Å². The predicted molar refractivity (Wildman–Crippen MR) is 72.9 cm³/mol. The molecule has 1 aromatic heterocycles. The van der Waals surface area contributed by atoms with Gasteiger partial charge in [0, 0.05) is 6.54 Å². The maximum atomic E-state index is 11.5. The van der Waals surface area contributed by atoms with Crippen LogP contribution in [-0.4, -0.2) is 30.6 Å². The van der Waals surface area contributed by atoms with Crippen LogP contribution < -0.4 is 11.1 Å². The van der Waals surface area contributed by atoms with Crippen molar-refractivity contribution < 1.29 is 9.53 Å². The number of ether oxygens (including phenoxy) is 1. The van der Waals surface area contributed by atoms with E-state index in [0.29, 0.717) is 18.3 Å². The van der Waals surface area contributed by atoms with Gasteiger partial charge >= 0.3 is 0 Å². The minimum atomic E-state index is -0.209. The first kappa shape index (κ1) is 12.9. The lowest BCUT2D eigenvalue weighted by Crippen LogP contribution is -2.20. The molecule has 6 heteroatoms. The lowest BCUT2D eigenvalue weighted by Gasteiger charge is -2.01. The summed E-state index contributed by atoms with van der Waals surface area (Å²) in [6.45, 7) is 2.82. The minimum Gasteiger partial charge on any atom is -0.370 e. The zero-order valence-corrected chi connectivity index (χ0v) is 10.9. The number of rotatable bonds is 5. The van der Waals surface area contributed by atoms with Gasteiger partial charge < -0.3 is 10.5 Å². The lowest BCUT2D eigenvalue weighted by atomic mass is 10.2. The van der Waals surface area contributed by atoms with E-state index in [9.17, 15) is 4.79 Å². The van der Waals surface area contributed by atoms with Crippen LogP contribution in [0.1, 0.15) is 5.56 Å². The van der Waals surface area contributed by atoms with Crippen LogP contribution in [0.5, 0.6) is 0 Å². The number of amides is 1. The van der Waals surface area contributed by atoms with Gasteiger partial charge in [0.15, 0.2) is 5.13 Å². The number of hydrogen-bond acceptors (Lipinski definition) is 5. The Morgan fingerprint density at radius 3 is 3.17 bits per heavy atom. The fourth-order valence-electron chi connectivity index (χ4n) is 1.49. The fourth-order valence-corrected chi connectivity index (χ4v) is 2.47. The highest BCUT2D eigenvalue weighted by molar-refractivity contribution is 7.22. The Labute approximate surface area is 109 Å². The first-order valence-electron chi connectivity index (χ1n) is 5.64. The highest BCUT2D eigenvalue weighted by atomic mass is 32.1. The molecular weight excluding hydrogens is 250 g/mol. The number of aryl methyl sites for hydroxylation is 1. The van der Waals surface area contributed by atoms with Gasteiger partial charge in [-0.2, -0.15) is 0 Å². The van der Waals surface area contributed by atoms with Crippen LogP contribution in [0.25, 0.3) is 10.2 Å². The summed E-state index contributed by atoms with van der Waals surface area (Å²) in [6, 6.07) is 5.99. The SMILES string of the molecule is Cc1ccc2nc(NC(=O)COCCN)sc2c1. The summed E-state index contributed by atoms with van der Waals surface area (Å²) in [6.07, 6.45) is 0. The van der Waals surface area contributed by atoms with Gasteiger partial charge in [-0.15, -0.1) is 0 Å². The van der Waals surface area contributed by atoms with Gasteiger partial charge in [0.2, 0.25) is 0 Å². The molecule has 1 amide bonds. The molecule has 1 aromatic carbocycles. The normalized spacial score (nSPS) is 10.8. The van der Waals surface area contributed by atoms with E-state index in [0.717, 1.165) is 10.2 Å². The molecule has 1 heterocycles. The predicted octanol–water partition coefficient (Wildman–Crippen LogP) is 1.52. The summed E-state index contributed by atoms with van der Waals surface area (Å²) in [7, 11) is 0. The molecule has 0 unspecified atom stereocenters. The van der Waals surface area contributed by atoms with Crippen LogP contribution in [-0.2, 0) is 9.53 Å². The van der Waals surface area contributed by atoms with Gasteiger partial charge in [-0.3, -0.25) is 10.1 Å². The van der Waals surface area contributed by atoms with Crippen molar-refractivity contribution in [2.75, 3.05) is 25.1 Å². The average Bonchev–Trinajstić information content (AvgIpc) is 2.70. The third-order valence-electron chi connectivity index (χ3n) is 2.29. The number of nitrogens with two attached hydrogens (primary N) is 1. The molecule has 0 bridgehead atoms. The smallest absolute Gasteiger partial charge is 0.252 e. The Hall–Kier alpha value is -1.50. The molecule has 96 valence electrons. The molecule has 5 nitrogen and oxygen atoms in total. The van der Waals surface area contributed by atoms with E-state index in [2.05, 4.69) is 10.3 Å². The van der Waals surface area contributed by atoms with Crippen LogP contribution in [0.4, 0.5) is 5.13 Å². The van der Waals surface area contributed by atoms with Crippen molar-refractivity contribution in [2.24, 2.45) is 5.73 Å². The van der Waals surface area contributed by atoms with Crippen LogP contribution in [0.15, 0.2) is 18.2 Å². The molecule has 0 fully saturated rings. The molecule has 3 N–H and O–H groups in total. The molecule has 0 radical (unpaired) electrons. The quantitative estimate of drug-likeness (QED) is 0.803. The van der Waals surface area contributed by atoms with Gasteiger partial charge in [0.05, 0.1) is 16.8 Å². The van der Waals surface area contributed by atoms with E-state index in [1.807, 2.05) is 25.1 Å². The van der Waals surface area contributed by atoms with Crippen molar-refractivity contribution in [2.45, 2.75) is 6.92 Å². The molecule has 0 aliphatic heterocycles. The molecule has 0 atom stereocenters. The summed E-state index contributed by atoms with van der Waals surface area (Å²) in [5.41, 5.74) is 7.33. The van der Waals surface area contributed by atoms with E-state index in [1.165, 1.54) is 16.9 Å². The highest BCUT2D eigenvalue weighted by Crippen LogP contribution is 2.26. The molecule has 18 heavy (non-hydrogen) atoms. The van der Waals surface area contributed by atoms with Gasteiger partial charge in [-0.25, -0.2) is 4.98 Å². The highest BCUT2D eigenvalue weighted by Gasteiger charge is 2.07. The van der Waals surface area contributed by atoms with Crippen molar-refractivity contribution >= 4 is 32.6 Å². The second kappa shape index (κ2) is 5.90. The third-order valence-corrected chi connectivity index (χ3v) is 3.22. The Morgan fingerprint density at radius 1 is 1.56 bits per heavy atom. The van der Waals surface area contributed by atoms with Gasteiger partial charge in [0.25, 0.3) is 5.91 Å². The molecule has 0 aliphatic rings. The van der Waals surface area contributed by atoms with Crippen molar-refractivity contribution in [3.05, 3.63) is 23.8 Å². The number of aromatic nitrogens is 1. The Bertz CT molecular complexity index is 553. The van der Waals surface area contributed by atoms with Gasteiger partial charge in [-0.05, 0) is 24.6 Å². The van der Waals surface area contributed by atoms with E-state index in [-0.39, 0.29) is 12.5 Å². The number of nitrogens with zero attached hydrogens (tertiary/aromatic N) is 1. The number of fused-ring (bicyclic) bond motifs is 1. The molecule has 0 saturated heterocycles. The standard InChI is InChI=1S/C12H15N3O2S/c1-8-2-3-9-10(6-8)18-12(14-9)15-11(16)7-17-5-4-13/h2-3,6H,4-5,7,13H2,1H3,(H,14,15,16). The van der Waals surface area contributed by atoms with Gasteiger partial charge in [0.1, 0.15) is 6.61 Å². The number of carbonyl (C=O) groups is 1. The zero-order chi connectivity index (χ0) is 13.0. The number of anilines is 1. The monoisotopic (exact) mass is 265 g/mol. The summed E-state index contributed by atoms with van der Waals surface area (Å²) in [4.78, 5) is 15.8. The van der Waals surface area contributed by atoms with E-state index >= 15 is 0 Å². The van der Waals surface area contributed by atoms with Crippen molar-refractivity contribution in [3.63, 3.8) is 0 Å². The largest absolute Gasteiger partial charge is 0.370 e.